The number of esters is 3. The van der Waals surface area contributed by atoms with Gasteiger partial charge in [-0.1, -0.05) is 249 Å². The highest BCUT2D eigenvalue weighted by molar-refractivity contribution is 5.74. The molecule has 0 saturated carbocycles. The van der Waals surface area contributed by atoms with Crippen LogP contribution in [0.3, 0.4) is 0 Å². The largest absolute Gasteiger partial charge is 0.479 e. The summed E-state index contributed by atoms with van der Waals surface area (Å²) in [5.74, 6) is -3.12. The van der Waals surface area contributed by atoms with Crippen LogP contribution < -0.4 is 0 Å². The number of carboxylic acid groups (broad SMARTS) is 1. The first kappa shape index (κ1) is 71.7. The zero-order valence-corrected chi connectivity index (χ0v) is 49.2. The highest BCUT2D eigenvalue weighted by atomic mass is 16.7. The lowest BCUT2D eigenvalue weighted by Gasteiger charge is -2.40. The van der Waals surface area contributed by atoms with Gasteiger partial charge in [0.25, 0.3) is 0 Å². The third-order valence-corrected chi connectivity index (χ3v) is 14.4. The van der Waals surface area contributed by atoms with Gasteiger partial charge in [0.05, 0.1) is 6.61 Å². The number of aliphatic hydroxyl groups excluding tert-OH is 2. The Labute approximate surface area is 469 Å². The first-order chi connectivity index (χ1) is 37.6. The molecular formula is C65H114O12. The van der Waals surface area contributed by atoms with Gasteiger partial charge in [0.1, 0.15) is 18.8 Å². The molecular weight excluding hydrogens is 973 g/mol. The van der Waals surface area contributed by atoms with Gasteiger partial charge in [-0.2, -0.15) is 0 Å². The Kier molecular flexibility index (Phi) is 49.7. The highest BCUT2D eigenvalue weighted by Crippen LogP contribution is 2.27. The van der Waals surface area contributed by atoms with Gasteiger partial charge in [-0.15, -0.1) is 0 Å². The van der Waals surface area contributed by atoms with Crippen molar-refractivity contribution in [1.29, 1.82) is 0 Å². The fraction of sp³-hybridized carbons (Fsp3) is 0.815. The molecule has 1 rings (SSSR count). The smallest absolute Gasteiger partial charge is 0.335 e. The average Bonchev–Trinajstić information content (AvgIpc) is 3.41. The van der Waals surface area contributed by atoms with Crippen LogP contribution in [0.1, 0.15) is 290 Å². The molecule has 12 nitrogen and oxygen atoms in total. The SMILES string of the molecule is CC/C=C\C/C=C\C/C=C\CCCCCCCCCC(=O)OCC(COC1OC(C(=O)O)C(O)C(O)C1OC(=O)CCCCCCCCCCCCCCCCCCCCC)OC(=O)CCCCCCC/C=C\CCCC. The molecule has 0 spiro atoms. The van der Waals surface area contributed by atoms with Gasteiger partial charge in [0, 0.05) is 19.3 Å². The predicted octanol–water partition coefficient (Wildman–Crippen LogP) is 16.6. The second kappa shape index (κ2) is 53.3. The molecule has 6 atom stereocenters. The minimum atomic E-state index is -1.90. The maximum absolute atomic E-state index is 13.1. The molecule has 0 aromatic rings. The molecule has 0 aromatic heterocycles. The van der Waals surface area contributed by atoms with Gasteiger partial charge in [-0.3, -0.25) is 14.4 Å². The monoisotopic (exact) mass is 1090 g/mol. The summed E-state index contributed by atoms with van der Waals surface area (Å²) in [4.78, 5) is 51.2. The number of ether oxygens (including phenoxy) is 5. The molecule has 0 radical (unpaired) electrons. The Balaban J connectivity index is 2.62. The number of hydrogen-bond donors (Lipinski definition) is 3. The van der Waals surface area contributed by atoms with Crippen molar-refractivity contribution in [3.8, 4) is 0 Å². The van der Waals surface area contributed by atoms with Gasteiger partial charge >= 0.3 is 23.9 Å². The van der Waals surface area contributed by atoms with Gasteiger partial charge < -0.3 is 39.0 Å². The number of carboxylic acids is 1. The topological polar surface area (TPSA) is 175 Å². The van der Waals surface area contributed by atoms with Crippen LogP contribution in [0.15, 0.2) is 48.6 Å². The molecule has 1 fully saturated rings. The standard InChI is InChI=1S/C65H114O12/c1-4-7-10-13-16-19-22-24-26-28-29-31-33-35-38-41-44-47-50-53-59(68)76-63-61(70)60(69)62(64(71)72)77-65(63)74-55-56(75-58(67)52-49-46-43-40-36-21-18-15-12-9-6-3)54-73-57(66)51-48-45-42-39-37-34-32-30-27-25-23-20-17-14-11-8-5-2/h8,11,15,17-18,20,25,27,56,60-63,65,69-70H,4-7,9-10,12-14,16,19,21-24,26,28-55H2,1-3H3,(H,71,72)/b11-8-,18-15-,20-17-,27-25-. The van der Waals surface area contributed by atoms with E-state index in [2.05, 4.69) is 69.4 Å². The van der Waals surface area contributed by atoms with Crippen LogP contribution in [0.5, 0.6) is 0 Å². The van der Waals surface area contributed by atoms with E-state index in [4.69, 9.17) is 23.7 Å². The number of allylic oxidation sites excluding steroid dienone is 8. The van der Waals surface area contributed by atoms with E-state index in [0.29, 0.717) is 19.3 Å². The summed E-state index contributed by atoms with van der Waals surface area (Å²) in [6, 6.07) is 0. The first-order valence-corrected chi connectivity index (χ1v) is 31.6. The molecule has 1 aliphatic rings. The summed E-state index contributed by atoms with van der Waals surface area (Å²) in [6.07, 6.45) is 52.2. The number of carbonyl (C=O) groups excluding carboxylic acids is 3. The van der Waals surface area contributed by atoms with Crippen LogP contribution in [0, 0.1) is 0 Å². The molecule has 0 aromatic carbocycles. The van der Waals surface area contributed by atoms with Crippen LogP contribution in [-0.4, -0.2) is 89.2 Å². The molecule has 0 bridgehead atoms. The average molecular weight is 1090 g/mol. The van der Waals surface area contributed by atoms with Crippen molar-refractivity contribution in [2.45, 2.75) is 327 Å². The van der Waals surface area contributed by atoms with Gasteiger partial charge in [-0.05, 0) is 70.6 Å². The van der Waals surface area contributed by atoms with E-state index in [1.807, 2.05) is 0 Å². The maximum atomic E-state index is 13.1. The van der Waals surface area contributed by atoms with Crippen molar-refractivity contribution < 1.29 is 58.2 Å². The minimum Gasteiger partial charge on any atom is -0.479 e. The molecule has 12 heteroatoms. The van der Waals surface area contributed by atoms with E-state index in [1.54, 1.807) is 0 Å². The summed E-state index contributed by atoms with van der Waals surface area (Å²) >= 11 is 0. The lowest BCUT2D eigenvalue weighted by Crippen LogP contribution is -2.61. The minimum absolute atomic E-state index is 0.0633. The van der Waals surface area contributed by atoms with Crippen LogP contribution in [-0.2, 0) is 42.9 Å². The second-order valence-corrected chi connectivity index (χ2v) is 21.7. The third kappa shape index (κ3) is 43.2. The van der Waals surface area contributed by atoms with Crippen molar-refractivity contribution in [3.05, 3.63) is 48.6 Å². The zero-order valence-electron chi connectivity index (χ0n) is 49.2. The Bertz CT molecular complexity index is 1520. The van der Waals surface area contributed by atoms with Crippen molar-refractivity contribution in [2.24, 2.45) is 0 Å². The summed E-state index contributed by atoms with van der Waals surface area (Å²) in [7, 11) is 0. The molecule has 0 amide bonds. The van der Waals surface area contributed by atoms with Crippen molar-refractivity contribution >= 4 is 23.9 Å². The highest BCUT2D eigenvalue weighted by Gasteiger charge is 2.50. The van der Waals surface area contributed by atoms with E-state index in [-0.39, 0.29) is 25.9 Å². The number of aliphatic hydroxyl groups is 2. The normalized spacial score (nSPS) is 18.3. The van der Waals surface area contributed by atoms with Crippen molar-refractivity contribution in [3.63, 3.8) is 0 Å². The number of hydrogen-bond acceptors (Lipinski definition) is 11. The Hall–Kier alpha value is -3.32. The molecule has 1 saturated heterocycles. The molecule has 1 aliphatic heterocycles. The Morgan fingerprint density at radius 3 is 1.30 bits per heavy atom. The van der Waals surface area contributed by atoms with E-state index in [1.165, 1.54) is 122 Å². The summed E-state index contributed by atoms with van der Waals surface area (Å²) in [6.45, 7) is 5.86. The molecule has 446 valence electrons. The lowest BCUT2D eigenvalue weighted by molar-refractivity contribution is -0.301. The van der Waals surface area contributed by atoms with Crippen molar-refractivity contribution in [2.75, 3.05) is 13.2 Å². The second-order valence-electron chi connectivity index (χ2n) is 21.7. The fourth-order valence-corrected chi connectivity index (χ4v) is 9.54. The molecule has 6 unspecified atom stereocenters. The molecule has 77 heavy (non-hydrogen) atoms. The Morgan fingerprint density at radius 1 is 0.442 bits per heavy atom. The van der Waals surface area contributed by atoms with Gasteiger partial charge in [0.2, 0.25) is 0 Å². The summed E-state index contributed by atoms with van der Waals surface area (Å²) < 4.78 is 28.5. The van der Waals surface area contributed by atoms with Crippen LogP contribution in [0.25, 0.3) is 0 Å². The van der Waals surface area contributed by atoms with E-state index >= 15 is 0 Å². The van der Waals surface area contributed by atoms with Crippen molar-refractivity contribution in [1.82, 2.24) is 0 Å². The van der Waals surface area contributed by atoms with Gasteiger partial charge in [-0.25, -0.2) is 4.79 Å². The number of aliphatic carboxylic acids is 1. The van der Waals surface area contributed by atoms with E-state index < -0.39 is 67.3 Å². The number of rotatable bonds is 54. The molecule has 0 aliphatic carbocycles. The van der Waals surface area contributed by atoms with Gasteiger partial charge in [0.15, 0.2) is 24.6 Å². The number of carbonyl (C=O) groups is 4. The molecule has 3 N–H and O–H groups in total. The first-order valence-electron chi connectivity index (χ1n) is 31.6. The zero-order chi connectivity index (χ0) is 56.1. The van der Waals surface area contributed by atoms with Crippen LogP contribution >= 0.6 is 0 Å². The van der Waals surface area contributed by atoms with Crippen LogP contribution in [0.4, 0.5) is 0 Å². The van der Waals surface area contributed by atoms with E-state index in [0.717, 1.165) is 109 Å². The third-order valence-electron chi connectivity index (χ3n) is 14.4. The summed E-state index contributed by atoms with van der Waals surface area (Å²) in [5.41, 5.74) is 0. The fourth-order valence-electron chi connectivity index (χ4n) is 9.54. The number of unbranched alkanes of at least 4 members (excludes halogenated alkanes) is 32. The lowest BCUT2D eigenvalue weighted by atomic mass is 9.98. The predicted molar refractivity (Wildman–Crippen MR) is 312 cm³/mol. The van der Waals surface area contributed by atoms with E-state index in [9.17, 15) is 34.5 Å². The maximum Gasteiger partial charge on any atom is 0.335 e. The molecule has 1 heterocycles. The quantitative estimate of drug-likeness (QED) is 0.0228. The Morgan fingerprint density at radius 2 is 0.831 bits per heavy atom. The van der Waals surface area contributed by atoms with Crippen LogP contribution in [0.2, 0.25) is 0 Å². The summed E-state index contributed by atoms with van der Waals surface area (Å²) in [5, 5.41) is 31.5.